The molecule has 4 heteroatoms. The van der Waals surface area contributed by atoms with Gasteiger partial charge in [0.2, 0.25) is 6.61 Å². The molecule has 1 N–H and O–H groups in total. The Morgan fingerprint density at radius 3 is 2.79 bits per heavy atom. The van der Waals surface area contributed by atoms with Gasteiger partial charge in [-0.05, 0) is 24.2 Å². The highest BCUT2D eigenvalue weighted by Gasteiger charge is 2.34. The van der Waals surface area contributed by atoms with Gasteiger partial charge in [0.1, 0.15) is 0 Å². The van der Waals surface area contributed by atoms with Gasteiger partial charge in [-0.3, -0.25) is 0 Å². The van der Waals surface area contributed by atoms with Gasteiger partial charge in [-0.25, -0.2) is 4.79 Å². The van der Waals surface area contributed by atoms with Crippen LogP contribution in [-0.2, 0) is 9.63 Å². The van der Waals surface area contributed by atoms with E-state index < -0.39 is 5.97 Å². The number of hydrogen-bond donors (Lipinski definition) is 1. The molecule has 0 aromatic heterocycles. The van der Waals surface area contributed by atoms with Crippen molar-refractivity contribution in [3.8, 4) is 0 Å². The second-order valence-electron chi connectivity index (χ2n) is 4.70. The summed E-state index contributed by atoms with van der Waals surface area (Å²) in [5, 5.41) is 12.2. The van der Waals surface area contributed by atoms with E-state index in [9.17, 15) is 4.79 Å². The lowest BCUT2D eigenvalue weighted by molar-refractivity contribution is -0.142. The van der Waals surface area contributed by atoms with Gasteiger partial charge in [0, 0.05) is 0 Å². The lowest BCUT2D eigenvalue weighted by Gasteiger charge is -2.14. The quantitative estimate of drug-likeness (QED) is 0.706. The predicted molar refractivity (Wildman–Crippen MR) is 53.2 cm³/mol. The highest BCUT2D eigenvalue weighted by Crippen LogP contribution is 2.38. The van der Waals surface area contributed by atoms with Crippen LogP contribution in [0.2, 0.25) is 0 Å². The van der Waals surface area contributed by atoms with Crippen LogP contribution in [0.3, 0.4) is 0 Å². The van der Waals surface area contributed by atoms with Crippen LogP contribution in [-0.4, -0.2) is 23.4 Å². The van der Waals surface area contributed by atoms with E-state index in [0.29, 0.717) is 5.92 Å². The molecule has 0 bridgehead atoms. The van der Waals surface area contributed by atoms with Crippen molar-refractivity contribution in [3.63, 3.8) is 0 Å². The molecule has 0 radical (unpaired) electrons. The number of carboxylic acids is 1. The van der Waals surface area contributed by atoms with Crippen LogP contribution in [0.25, 0.3) is 0 Å². The highest BCUT2D eigenvalue weighted by molar-refractivity contribution is 5.88. The highest BCUT2D eigenvalue weighted by atomic mass is 16.6. The number of oxime groups is 1. The molecule has 0 spiro atoms. The van der Waals surface area contributed by atoms with Gasteiger partial charge in [0.15, 0.2) is 0 Å². The maximum Gasteiger partial charge on any atom is 0.344 e. The van der Waals surface area contributed by atoms with Gasteiger partial charge in [-0.2, -0.15) is 0 Å². The summed E-state index contributed by atoms with van der Waals surface area (Å²) in [4.78, 5) is 14.9. The number of hydrogen-bond acceptors (Lipinski definition) is 3. The van der Waals surface area contributed by atoms with Crippen molar-refractivity contribution in [2.75, 3.05) is 6.61 Å². The van der Waals surface area contributed by atoms with Crippen LogP contribution < -0.4 is 0 Å². The Morgan fingerprint density at radius 1 is 1.71 bits per heavy atom. The fourth-order valence-corrected chi connectivity index (χ4v) is 1.98. The second-order valence-corrected chi connectivity index (χ2v) is 4.70. The fourth-order valence-electron chi connectivity index (χ4n) is 1.98. The third-order valence-electron chi connectivity index (χ3n) is 2.46. The summed E-state index contributed by atoms with van der Waals surface area (Å²) in [7, 11) is 0. The maximum absolute atomic E-state index is 10.2. The van der Waals surface area contributed by atoms with E-state index in [1.165, 1.54) is 0 Å². The summed E-state index contributed by atoms with van der Waals surface area (Å²) >= 11 is 0. The first-order valence-corrected chi connectivity index (χ1v) is 4.81. The molecule has 80 valence electrons. The summed E-state index contributed by atoms with van der Waals surface area (Å²) in [6, 6.07) is 0. The molecule has 4 nitrogen and oxygen atoms in total. The molecule has 0 aromatic carbocycles. The summed E-state index contributed by atoms with van der Waals surface area (Å²) < 4.78 is 0. The normalized spacial score (nSPS) is 27.9. The van der Waals surface area contributed by atoms with Crippen molar-refractivity contribution in [2.45, 2.75) is 33.6 Å². The van der Waals surface area contributed by atoms with Gasteiger partial charge in [0.05, 0.1) is 5.71 Å². The zero-order chi connectivity index (χ0) is 10.8. The zero-order valence-corrected chi connectivity index (χ0v) is 8.91. The van der Waals surface area contributed by atoms with Gasteiger partial charge >= 0.3 is 5.97 Å². The zero-order valence-electron chi connectivity index (χ0n) is 8.91. The van der Waals surface area contributed by atoms with Crippen molar-refractivity contribution in [1.29, 1.82) is 0 Å². The van der Waals surface area contributed by atoms with E-state index >= 15 is 0 Å². The third kappa shape index (κ3) is 3.01. The Hall–Kier alpha value is -1.06. The van der Waals surface area contributed by atoms with Crippen molar-refractivity contribution in [2.24, 2.45) is 16.5 Å². The maximum atomic E-state index is 10.2. The molecule has 1 fully saturated rings. The molecular weight excluding hydrogens is 182 g/mol. The Bertz CT molecular complexity index is 258. The van der Waals surface area contributed by atoms with Gasteiger partial charge in [-0.1, -0.05) is 25.9 Å². The molecule has 0 saturated heterocycles. The summed E-state index contributed by atoms with van der Waals surface area (Å²) in [6.07, 6.45) is 1.98. The monoisotopic (exact) mass is 199 g/mol. The largest absolute Gasteiger partial charge is 0.479 e. The van der Waals surface area contributed by atoms with E-state index in [-0.39, 0.29) is 12.0 Å². The minimum Gasteiger partial charge on any atom is -0.479 e. The molecule has 1 aliphatic rings. The van der Waals surface area contributed by atoms with Crippen LogP contribution in [0.5, 0.6) is 0 Å². The van der Waals surface area contributed by atoms with Crippen molar-refractivity contribution < 1.29 is 14.7 Å². The van der Waals surface area contributed by atoms with E-state index in [1.54, 1.807) is 0 Å². The Morgan fingerprint density at radius 2 is 2.36 bits per heavy atom. The van der Waals surface area contributed by atoms with Gasteiger partial charge < -0.3 is 9.94 Å². The third-order valence-corrected chi connectivity index (χ3v) is 2.46. The van der Waals surface area contributed by atoms with E-state index in [4.69, 9.17) is 9.94 Å². The van der Waals surface area contributed by atoms with Gasteiger partial charge in [-0.15, -0.1) is 0 Å². The number of carboxylic acid groups (broad SMARTS) is 1. The van der Waals surface area contributed by atoms with Gasteiger partial charge in [0.25, 0.3) is 0 Å². The number of rotatable bonds is 3. The molecule has 1 atom stereocenters. The lowest BCUT2D eigenvalue weighted by Crippen LogP contribution is -2.08. The Kier molecular flexibility index (Phi) is 3.13. The first-order chi connectivity index (χ1) is 6.41. The van der Waals surface area contributed by atoms with Crippen LogP contribution in [0.15, 0.2) is 5.16 Å². The molecule has 1 saturated carbocycles. The molecule has 1 aliphatic carbocycles. The van der Waals surface area contributed by atoms with Crippen molar-refractivity contribution in [3.05, 3.63) is 0 Å². The standard InChI is InChI=1S/C10H17NO3/c1-7-4-10(2,3)5-8(7)11-14-6-9(12)13/h7H,4-6H2,1-3H3,(H,12,13). The Balaban J connectivity index is 2.49. The van der Waals surface area contributed by atoms with Crippen molar-refractivity contribution in [1.82, 2.24) is 0 Å². The molecule has 14 heavy (non-hydrogen) atoms. The first-order valence-electron chi connectivity index (χ1n) is 4.81. The summed E-state index contributed by atoms with van der Waals surface area (Å²) in [5.74, 6) is -0.585. The van der Waals surface area contributed by atoms with E-state index in [0.717, 1.165) is 18.6 Å². The molecule has 0 amide bonds. The lowest BCUT2D eigenvalue weighted by atomic mass is 9.91. The fraction of sp³-hybridized carbons (Fsp3) is 0.800. The SMILES string of the molecule is CC1CC(C)(C)CC1=NOCC(=O)O. The van der Waals surface area contributed by atoms with Crippen molar-refractivity contribution >= 4 is 11.7 Å². The topological polar surface area (TPSA) is 58.9 Å². The first kappa shape index (κ1) is 11.0. The molecule has 0 aliphatic heterocycles. The molecular formula is C10H17NO3. The minimum atomic E-state index is -0.987. The smallest absolute Gasteiger partial charge is 0.344 e. The number of aliphatic carboxylic acids is 1. The van der Waals surface area contributed by atoms with E-state index in [2.05, 4.69) is 25.9 Å². The molecule has 1 unspecified atom stereocenters. The molecule has 1 rings (SSSR count). The van der Waals surface area contributed by atoms with Crippen LogP contribution in [0, 0.1) is 11.3 Å². The summed E-state index contributed by atoms with van der Waals surface area (Å²) in [6.45, 7) is 6.11. The Labute approximate surface area is 83.9 Å². The summed E-state index contributed by atoms with van der Waals surface area (Å²) in [5.41, 5.74) is 1.25. The second kappa shape index (κ2) is 3.98. The molecule has 0 heterocycles. The van der Waals surface area contributed by atoms with Crippen LogP contribution in [0.1, 0.15) is 33.6 Å². The average molecular weight is 199 g/mol. The van der Waals surface area contributed by atoms with Crippen LogP contribution >= 0.6 is 0 Å². The predicted octanol–water partition coefficient (Wildman–Crippen LogP) is 1.90. The minimum absolute atomic E-state index is 0.269. The van der Waals surface area contributed by atoms with Crippen LogP contribution in [0.4, 0.5) is 0 Å². The molecule has 0 aromatic rings. The van der Waals surface area contributed by atoms with E-state index in [1.807, 2.05) is 0 Å². The number of nitrogens with zero attached hydrogens (tertiary/aromatic N) is 1. The average Bonchev–Trinajstić information content (AvgIpc) is 2.24. The number of carbonyl (C=O) groups is 1.